The fourth-order valence-electron chi connectivity index (χ4n) is 2.92. The van der Waals surface area contributed by atoms with E-state index in [4.69, 9.17) is 18.8 Å². The Kier molecular flexibility index (Phi) is 5.61. The monoisotopic (exact) mass is 356 g/mol. The number of fused-ring (bicyclic) bond motifs is 1. The Bertz CT molecular complexity index is 741. The first-order chi connectivity index (χ1) is 12.3. The average Bonchev–Trinajstić information content (AvgIpc) is 2.82. The zero-order valence-electron chi connectivity index (χ0n) is 16.5. The van der Waals surface area contributed by atoms with Crippen molar-refractivity contribution in [2.45, 2.75) is 52.2 Å². The summed E-state index contributed by atoms with van der Waals surface area (Å²) in [5.74, 6) is 0.862. The molecule has 1 saturated heterocycles. The molecule has 2 aromatic rings. The van der Waals surface area contributed by atoms with E-state index in [1.165, 1.54) is 0 Å². The highest BCUT2D eigenvalue weighted by Gasteiger charge is 2.51. The SMILES string of the molecule is CCCOCCOc1ccc2cc(B3OC(C)(C)C(C)(C)O3)ccc2c1. The quantitative estimate of drug-likeness (QED) is 0.556. The van der Waals surface area contributed by atoms with Crippen molar-refractivity contribution in [2.24, 2.45) is 0 Å². The van der Waals surface area contributed by atoms with Gasteiger partial charge >= 0.3 is 7.12 Å². The third kappa shape index (κ3) is 4.06. The maximum Gasteiger partial charge on any atom is 0.494 e. The summed E-state index contributed by atoms with van der Waals surface area (Å²) in [4.78, 5) is 0. The van der Waals surface area contributed by atoms with E-state index in [1.54, 1.807) is 0 Å². The molecule has 5 heteroatoms. The molecular formula is C21H29BO4. The average molecular weight is 356 g/mol. The van der Waals surface area contributed by atoms with Crippen LogP contribution >= 0.6 is 0 Å². The van der Waals surface area contributed by atoms with E-state index in [0.717, 1.165) is 35.0 Å². The number of benzene rings is 2. The molecule has 4 nitrogen and oxygen atoms in total. The van der Waals surface area contributed by atoms with E-state index >= 15 is 0 Å². The lowest BCUT2D eigenvalue weighted by molar-refractivity contribution is 0.00578. The molecule has 26 heavy (non-hydrogen) atoms. The van der Waals surface area contributed by atoms with Gasteiger partial charge in [0, 0.05) is 6.61 Å². The van der Waals surface area contributed by atoms with Crippen molar-refractivity contribution in [2.75, 3.05) is 19.8 Å². The smallest absolute Gasteiger partial charge is 0.491 e. The first kappa shape index (κ1) is 19.2. The molecule has 0 aliphatic carbocycles. The first-order valence-electron chi connectivity index (χ1n) is 9.42. The summed E-state index contributed by atoms with van der Waals surface area (Å²) >= 11 is 0. The molecule has 0 atom stereocenters. The Hall–Kier alpha value is -1.56. The zero-order chi connectivity index (χ0) is 18.8. The summed E-state index contributed by atoms with van der Waals surface area (Å²) in [5.41, 5.74) is 0.381. The van der Waals surface area contributed by atoms with Crippen LogP contribution in [0.3, 0.4) is 0 Å². The summed E-state index contributed by atoms with van der Waals surface area (Å²) in [5, 5.41) is 2.28. The molecule has 0 bridgehead atoms. The highest BCUT2D eigenvalue weighted by Crippen LogP contribution is 2.36. The van der Waals surface area contributed by atoms with Gasteiger partial charge in [-0.1, -0.05) is 31.2 Å². The Morgan fingerprint density at radius 2 is 1.50 bits per heavy atom. The van der Waals surface area contributed by atoms with Crippen LogP contribution in [0, 0.1) is 0 Å². The van der Waals surface area contributed by atoms with Crippen LogP contribution in [0.5, 0.6) is 5.75 Å². The largest absolute Gasteiger partial charge is 0.494 e. The molecule has 0 aromatic heterocycles. The van der Waals surface area contributed by atoms with Gasteiger partial charge in [-0.2, -0.15) is 0 Å². The third-order valence-corrected chi connectivity index (χ3v) is 5.21. The predicted octanol–water partition coefficient (Wildman–Crippen LogP) is 3.94. The van der Waals surface area contributed by atoms with Crippen molar-refractivity contribution in [3.63, 3.8) is 0 Å². The molecule has 0 unspecified atom stereocenters. The minimum Gasteiger partial charge on any atom is -0.491 e. The summed E-state index contributed by atoms with van der Waals surface area (Å²) in [6.45, 7) is 12.3. The minimum absolute atomic E-state index is 0.329. The molecule has 0 spiro atoms. The van der Waals surface area contributed by atoms with Crippen molar-refractivity contribution in [1.82, 2.24) is 0 Å². The van der Waals surface area contributed by atoms with Crippen molar-refractivity contribution in [3.8, 4) is 5.75 Å². The fraction of sp³-hybridized carbons (Fsp3) is 0.524. The third-order valence-electron chi connectivity index (χ3n) is 5.21. The Balaban J connectivity index is 1.69. The van der Waals surface area contributed by atoms with Gasteiger partial charge in [0.05, 0.1) is 17.8 Å². The maximum atomic E-state index is 6.15. The highest BCUT2D eigenvalue weighted by atomic mass is 16.7. The van der Waals surface area contributed by atoms with Gasteiger partial charge in [0.15, 0.2) is 0 Å². The topological polar surface area (TPSA) is 36.9 Å². The van der Waals surface area contributed by atoms with Crippen LogP contribution in [-0.4, -0.2) is 38.1 Å². The van der Waals surface area contributed by atoms with E-state index in [1.807, 2.05) is 6.07 Å². The van der Waals surface area contributed by atoms with Gasteiger partial charge in [-0.25, -0.2) is 0 Å². The van der Waals surface area contributed by atoms with Crippen LogP contribution in [0.15, 0.2) is 36.4 Å². The molecular weight excluding hydrogens is 327 g/mol. The molecule has 3 rings (SSSR count). The molecule has 1 aliphatic heterocycles. The van der Waals surface area contributed by atoms with Crippen LogP contribution < -0.4 is 10.2 Å². The molecule has 0 saturated carbocycles. The summed E-state index contributed by atoms with van der Waals surface area (Å²) in [7, 11) is -0.337. The standard InChI is InChI=1S/C21H29BO4/c1-6-11-23-12-13-24-19-10-8-16-14-18(9-7-17(16)15-19)22-25-20(2,3)21(4,5)26-22/h7-10,14-15H,6,11-13H2,1-5H3. The first-order valence-corrected chi connectivity index (χ1v) is 9.42. The zero-order valence-corrected chi connectivity index (χ0v) is 16.5. The van der Waals surface area contributed by atoms with Gasteiger partial charge in [0.1, 0.15) is 12.4 Å². The lowest BCUT2D eigenvalue weighted by atomic mass is 9.78. The molecule has 2 aromatic carbocycles. The highest BCUT2D eigenvalue weighted by molar-refractivity contribution is 6.62. The molecule has 1 fully saturated rings. The summed E-state index contributed by atoms with van der Waals surface area (Å²) in [6, 6.07) is 12.4. The Labute approximate surface area is 156 Å². The summed E-state index contributed by atoms with van der Waals surface area (Å²) in [6.07, 6.45) is 1.03. The van der Waals surface area contributed by atoms with Gasteiger partial charge in [-0.3, -0.25) is 0 Å². The van der Waals surface area contributed by atoms with Crippen LogP contribution in [-0.2, 0) is 14.0 Å². The van der Waals surface area contributed by atoms with E-state index in [0.29, 0.717) is 13.2 Å². The number of hydrogen-bond donors (Lipinski definition) is 0. The minimum atomic E-state index is -0.337. The second kappa shape index (κ2) is 7.59. The number of hydrogen-bond acceptors (Lipinski definition) is 4. The Morgan fingerprint density at radius 3 is 2.19 bits per heavy atom. The van der Waals surface area contributed by atoms with Gasteiger partial charge in [0.2, 0.25) is 0 Å². The van der Waals surface area contributed by atoms with Crippen molar-refractivity contribution in [1.29, 1.82) is 0 Å². The van der Waals surface area contributed by atoms with Crippen molar-refractivity contribution in [3.05, 3.63) is 36.4 Å². The van der Waals surface area contributed by atoms with Crippen LogP contribution in [0.1, 0.15) is 41.0 Å². The molecule has 0 N–H and O–H groups in total. The van der Waals surface area contributed by atoms with E-state index in [-0.39, 0.29) is 18.3 Å². The molecule has 140 valence electrons. The van der Waals surface area contributed by atoms with Gasteiger partial charge in [-0.05, 0) is 62.5 Å². The van der Waals surface area contributed by atoms with Crippen LogP contribution in [0.25, 0.3) is 10.8 Å². The fourth-order valence-corrected chi connectivity index (χ4v) is 2.92. The van der Waals surface area contributed by atoms with Crippen molar-refractivity contribution < 1.29 is 18.8 Å². The predicted molar refractivity (Wildman–Crippen MR) is 106 cm³/mol. The van der Waals surface area contributed by atoms with E-state index < -0.39 is 0 Å². The van der Waals surface area contributed by atoms with Crippen LogP contribution in [0.4, 0.5) is 0 Å². The Morgan fingerprint density at radius 1 is 0.846 bits per heavy atom. The van der Waals surface area contributed by atoms with E-state index in [9.17, 15) is 0 Å². The molecule has 0 amide bonds. The van der Waals surface area contributed by atoms with Gasteiger partial charge in [-0.15, -0.1) is 0 Å². The number of rotatable bonds is 7. The lowest BCUT2D eigenvalue weighted by Gasteiger charge is -2.32. The molecule has 1 heterocycles. The van der Waals surface area contributed by atoms with E-state index in [2.05, 4.69) is 65.0 Å². The second-order valence-electron chi connectivity index (χ2n) is 7.82. The summed E-state index contributed by atoms with van der Waals surface area (Å²) < 4.78 is 23.5. The van der Waals surface area contributed by atoms with Gasteiger partial charge in [0.25, 0.3) is 0 Å². The van der Waals surface area contributed by atoms with Crippen LogP contribution in [0.2, 0.25) is 0 Å². The number of ether oxygens (including phenoxy) is 2. The van der Waals surface area contributed by atoms with Gasteiger partial charge < -0.3 is 18.8 Å². The normalized spacial score (nSPS) is 18.4. The second-order valence-corrected chi connectivity index (χ2v) is 7.82. The molecule has 1 aliphatic rings. The molecule has 0 radical (unpaired) electrons. The lowest BCUT2D eigenvalue weighted by Crippen LogP contribution is -2.41. The maximum absolute atomic E-state index is 6.15. The van der Waals surface area contributed by atoms with Crippen molar-refractivity contribution >= 4 is 23.4 Å².